The van der Waals surface area contributed by atoms with E-state index in [9.17, 15) is 13.6 Å². The molecule has 0 aliphatic heterocycles. The van der Waals surface area contributed by atoms with E-state index in [0.29, 0.717) is 16.3 Å². The molecule has 0 atom stereocenters. The van der Waals surface area contributed by atoms with Gasteiger partial charge in [0, 0.05) is 12.5 Å². The number of thiazole rings is 1. The molecule has 94 valence electrons. The van der Waals surface area contributed by atoms with E-state index in [4.69, 9.17) is 5.11 Å². The van der Waals surface area contributed by atoms with Gasteiger partial charge in [-0.05, 0) is 18.6 Å². The molecule has 0 aliphatic rings. The standard InChI is InChI=1S/C12H9F2NO2S/c1-6-11(12(16)17)18-10(15-6)4-7-2-3-8(13)5-9(7)14/h2-3,5H,4H2,1H3,(H,16,17). The summed E-state index contributed by atoms with van der Waals surface area (Å²) >= 11 is 1.00. The van der Waals surface area contributed by atoms with Gasteiger partial charge in [0.05, 0.1) is 10.7 Å². The molecular weight excluding hydrogens is 260 g/mol. The lowest BCUT2D eigenvalue weighted by Crippen LogP contribution is -1.94. The van der Waals surface area contributed by atoms with E-state index in [0.717, 1.165) is 23.5 Å². The number of halogens is 2. The van der Waals surface area contributed by atoms with Crippen LogP contribution in [0.15, 0.2) is 18.2 Å². The highest BCUT2D eigenvalue weighted by atomic mass is 32.1. The molecule has 18 heavy (non-hydrogen) atoms. The third kappa shape index (κ3) is 2.53. The first kappa shape index (κ1) is 12.6. The SMILES string of the molecule is Cc1nc(Cc2ccc(F)cc2F)sc1C(=O)O. The van der Waals surface area contributed by atoms with E-state index in [1.54, 1.807) is 6.92 Å². The summed E-state index contributed by atoms with van der Waals surface area (Å²) in [5, 5.41) is 9.38. The highest BCUT2D eigenvalue weighted by Crippen LogP contribution is 2.22. The number of benzene rings is 1. The van der Waals surface area contributed by atoms with E-state index < -0.39 is 17.6 Å². The molecule has 0 fully saturated rings. The number of rotatable bonds is 3. The van der Waals surface area contributed by atoms with Crippen molar-refractivity contribution in [2.75, 3.05) is 0 Å². The van der Waals surface area contributed by atoms with Crippen LogP contribution in [0.1, 0.15) is 25.9 Å². The molecule has 0 unspecified atom stereocenters. The van der Waals surface area contributed by atoms with Crippen molar-refractivity contribution < 1.29 is 18.7 Å². The lowest BCUT2D eigenvalue weighted by Gasteiger charge is -2.00. The third-order valence-corrected chi connectivity index (χ3v) is 3.54. The average molecular weight is 269 g/mol. The van der Waals surface area contributed by atoms with Gasteiger partial charge < -0.3 is 5.11 Å². The van der Waals surface area contributed by atoms with Gasteiger partial charge in [0.2, 0.25) is 0 Å². The summed E-state index contributed by atoms with van der Waals surface area (Å²) in [6.45, 7) is 1.59. The molecule has 3 nitrogen and oxygen atoms in total. The lowest BCUT2D eigenvalue weighted by atomic mass is 10.1. The Morgan fingerprint density at radius 1 is 1.44 bits per heavy atom. The fraction of sp³-hybridized carbons (Fsp3) is 0.167. The van der Waals surface area contributed by atoms with Crippen LogP contribution in [-0.4, -0.2) is 16.1 Å². The van der Waals surface area contributed by atoms with Crippen LogP contribution in [0.25, 0.3) is 0 Å². The van der Waals surface area contributed by atoms with Crippen LogP contribution in [0.2, 0.25) is 0 Å². The normalized spacial score (nSPS) is 10.6. The van der Waals surface area contributed by atoms with E-state index >= 15 is 0 Å². The first-order chi connectivity index (χ1) is 8.47. The van der Waals surface area contributed by atoms with Crippen molar-refractivity contribution >= 4 is 17.3 Å². The van der Waals surface area contributed by atoms with Gasteiger partial charge in [0.15, 0.2) is 0 Å². The highest BCUT2D eigenvalue weighted by Gasteiger charge is 2.15. The molecule has 0 bridgehead atoms. The molecule has 2 aromatic rings. The molecular formula is C12H9F2NO2S. The summed E-state index contributed by atoms with van der Waals surface area (Å²) in [5.74, 6) is -2.34. The van der Waals surface area contributed by atoms with Crippen LogP contribution in [0.5, 0.6) is 0 Å². The molecule has 1 N–H and O–H groups in total. The largest absolute Gasteiger partial charge is 0.477 e. The van der Waals surface area contributed by atoms with Crippen molar-refractivity contribution in [1.29, 1.82) is 0 Å². The maximum atomic E-state index is 13.4. The Balaban J connectivity index is 2.29. The fourth-order valence-electron chi connectivity index (χ4n) is 1.55. The van der Waals surface area contributed by atoms with Crippen LogP contribution in [0.4, 0.5) is 8.78 Å². The van der Waals surface area contributed by atoms with Crippen molar-refractivity contribution in [3.05, 3.63) is 51.0 Å². The Hall–Kier alpha value is -1.82. The van der Waals surface area contributed by atoms with Gasteiger partial charge in [-0.3, -0.25) is 0 Å². The molecule has 0 saturated carbocycles. The van der Waals surface area contributed by atoms with E-state index in [1.165, 1.54) is 6.07 Å². The number of carboxylic acids is 1. The minimum absolute atomic E-state index is 0.146. The maximum absolute atomic E-state index is 13.4. The Kier molecular flexibility index (Phi) is 3.38. The Bertz CT molecular complexity index is 610. The van der Waals surface area contributed by atoms with Gasteiger partial charge in [-0.1, -0.05) is 6.07 Å². The first-order valence-electron chi connectivity index (χ1n) is 5.11. The summed E-state index contributed by atoms with van der Waals surface area (Å²) in [6.07, 6.45) is 0.158. The number of nitrogens with zero attached hydrogens (tertiary/aromatic N) is 1. The van der Waals surface area contributed by atoms with Crippen LogP contribution in [0, 0.1) is 18.6 Å². The smallest absolute Gasteiger partial charge is 0.347 e. The molecule has 6 heteroatoms. The highest BCUT2D eigenvalue weighted by molar-refractivity contribution is 7.13. The number of carboxylic acid groups (broad SMARTS) is 1. The summed E-state index contributed by atoms with van der Waals surface area (Å²) in [5.41, 5.74) is 0.701. The van der Waals surface area contributed by atoms with Crippen LogP contribution < -0.4 is 0 Å². The van der Waals surface area contributed by atoms with Gasteiger partial charge in [0.25, 0.3) is 0 Å². The summed E-state index contributed by atoms with van der Waals surface area (Å²) in [6, 6.07) is 3.30. The molecule has 0 aliphatic carbocycles. The quantitative estimate of drug-likeness (QED) is 0.931. The Labute approximate surface area is 106 Å². The number of carbonyl (C=O) groups is 1. The van der Waals surface area contributed by atoms with Gasteiger partial charge in [-0.2, -0.15) is 0 Å². The van der Waals surface area contributed by atoms with Crippen molar-refractivity contribution in [2.45, 2.75) is 13.3 Å². The van der Waals surface area contributed by atoms with Crippen molar-refractivity contribution in [3.63, 3.8) is 0 Å². The second-order valence-corrected chi connectivity index (χ2v) is 4.82. The third-order valence-electron chi connectivity index (χ3n) is 2.39. The van der Waals surface area contributed by atoms with Crippen LogP contribution >= 0.6 is 11.3 Å². The van der Waals surface area contributed by atoms with Gasteiger partial charge in [-0.15, -0.1) is 11.3 Å². The summed E-state index contributed by atoms with van der Waals surface area (Å²) < 4.78 is 26.2. The minimum atomic E-state index is -1.05. The van der Waals surface area contributed by atoms with Gasteiger partial charge in [0.1, 0.15) is 16.5 Å². The minimum Gasteiger partial charge on any atom is -0.477 e. The molecule has 2 rings (SSSR count). The molecule has 1 heterocycles. The average Bonchev–Trinajstić information content (AvgIpc) is 2.64. The first-order valence-corrected chi connectivity index (χ1v) is 5.92. The van der Waals surface area contributed by atoms with E-state index in [1.807, 2.05) is 0 Å². The second kappa shape index (κ2) is 4.81. The predicted molar refractivity (Wildman–Crippen MR) is 63.0 cm³/mol. The van der Waals surface area contributed by atoms with Crippen molar-refractivity contribution in [1.82, 2.24) is 4.98 Å². The van der Waals surface area contributed by atoms with Gasteiger partial charge >= 0.3 is 5.97 Å². The van der Waals surface area contributed by atoms with Crippen molar-refractivity contribution in [3.8, 4) is 0 Å². The zero-order valence-electron chi connectivity index (χ0n) is 9.41. The molecule has 0 spiro atoms. The summed E-state index contributed by atoms with van der Waals surface area (Å²) in [4.78, 5) is 15.1. The maximum Gasteiger partial charge on any atom is 0.347 e. The molecule has 0 saturated heterocycles. The lowest BCUT2D eigenvalue weighted by molar-refractivity contribution is 0.0701. The Morgan fingerprint density at radius 2 is 2.17 bits per heavy atom. The molecule has 1 aromatic carbocycles. The number of aromatic nitrogens is 1. The second-order valence-electron chi connectivity index (χ2n) is 3.74. The van der Waals surface area contributed by atoms with Crippen LogP contribution in [-0.2, 0) is 6.42 Å². The number of aryl methyl sites for hydroxylation is 1. The number of aromatic carboxylic acids is 1. The topological polar surface area (TPSA) is 50.2 Å². The van der Waals surface area contributed by atoms with Gasteiger partial charge in [-0.25, -0.2) is 18.6 Å². The predicted octanol–water partition coefficient (Wildman–Crippen LogP) is 3.02. The van der Waals surface area contributed by atoms with E-state index in [-0.39, 0.29) is 11.3 Å². The van der Waals surface area contributed by atoms with Crippen molar-refractivity contribution in [2.24, 2.45) is 0 Å². The molecule has 0 amide bonds. The fourth-order valence-corrected chi connectivity index (χ4v) is 2.48. The molecule has 1 aromatic heterocycles. The number of hydrogen-bond donors (Lipinski definition) is 1. The number of hydrogen-bond acceptors (Lipinski definition) is 3. The van der Waals surface area contributed by atoms with Crippen LogP contribution in [0.3, 0.4) is 0 Å². The molecule has 0 radical (unpaired) electrons. The summed E-state index contributed by atoms with van der Waals surface area (Å²) in [7, 11) is 0. The zero-order valence-corrected chi connectivity index (χ0v) is 10.2. The van der Waals surface area contributed by atoms with E-state index in [2.05, 4.69) is 4.98 Å². The Morgan fingerprint density at radius 3 is 2.72 bits per heavy atom. The zero-order chi connectivity index (χ0) is 13.3. The monoisotopic (exact) mass is 269 g/mol.